The zero-order valence-corrected chi connectivity index (χ0v) is 11.0. The number of alkyl halides is 3. The lowest BCUT2D eigenvalue weighted by atomic mass is 10.1. The first-order valence-electron chi connectivity index (χ1n) is 6.39. The fraction of sp³-hybridized carbons (Fsp3) is 0.917. The Bertz CT molecular complexity index is 271. The standard InChI is InChI=1S/C12H21F3N2O/c1-10(2)4-3-5-16-6-8-17(9-7-16)11(18)12(13,14)15/h10H,3-9H2,1-2H3. The van der Waals surface area contributed by atoms with E-state index < -0.39 is 12.1 Å². The molecular weight excluding hydrogens is 245 g/mol. The summed E-state index contributed by atoms with van der Waals surface area (Å²) >= 11 is 0. The van der Waals surface area contributed by atoms with Crippen LogP contribution in [-0.4, -0.2) is 54.6 Å². The highest BCUT2D eigenvalue weighted by Gasteiger charge is 2.43. The van der Waals surface area contributed by atoms with Crippen LogP contribution < -0.4 is 0 Å². The number of amides is 1. The minimum atomic E-state index is -4.74. The van der Waals surface area contributed by atoms with Crippen LogP contribution in [0.15, 0.2) is 0 Å². The van der Waals surface area contributed by atoms with Crippen molar-refractivity contribution in [1.82, 2.24) is 9.80 Å². The first-order chi connectivity index (χ1) is 8.30. The Morgan fingerprint density at radius 3 is 2.17 bits per heavy atom. The number of halogens is 3. The zero-order chi connectivity index (χ0) is 13.8. The van der Waals surface area contributed by atoms with Crippen LogP contribution in [0.4, 0.5) is 13.2 Å². The molecule has 106 valence electrons. The van der Waals surface area contributed by atoms with Crippen LogP contribution in [-0.2, 0) is 4.79 Å². The minimum Gasteiger partial charge on any atom is -0.332 e. The molecule has 1 aliphatic rings. The van der Waals surface area contributed by atoms with Gasteiger partial charge in [0, 0.05) is 26.2 Å². The average Bonchev–Trinajstić information content (AvgIpc) is 2.27. The Labute approximate surface area is 106 Å². The SMILES string of the molecule is CC(C)CCCN1CCN(C(=O)C(F)(F)F)CC1. The third-order valence-electron chi connectivity index (χ3n) is 3.16. The first kappa shape index (κ1) is 15.3. The van der Waals surface area contributed by atoms with E-state index in [0.717, 1.165) is 24.3 Å². The maximum atomic E-state index is 12.2. The molecule has 1 saturated heterocycles. The fourth-order valence-corrected chi connectivity index (χ4v) is 2.08. The van der Waals surface area contributed by atoms with E-state index in [9.17, 15) is 18.0 Å². The second-order valence-corrected chi connectivity index (χ2v) is 5.17. The average molecular weight is 266 g/mol. The highest BCUT2D eigenvalue weighted by Crippen LogP contribution is 2.19. The largest absolute Gasteiger partial charge is 0.471 e. The lowest BCUT2D eigenvalue weighted by molar-refractivity contribution is -0.187. The van der Waals surface area contributed by atoms with E-state index in [1.54, 1.807) is 0 Å². The number of carbonyl (C=O) groups excluding carboxylic acids is 1. The van der Waals surface area contributed by atoms with Crippen molar-refractivity contribution in [2.45, 2.75) is 32.9 Å². The van der Waals surface area contributed by atoms with Gasteiger partial charge in [0.05, 0.1) is 0 Å². The quantitative estimate of drug-likeness (QED) is 0.778. The number of nitrogens with zero attached hydrogens (tertiary/aromatic N) is 2. The molecule has 18 heavy (non-hydrogen) atoms. The summed E-state index contributed by atoms with van der Waals surface area (Å²) in [4.78, 5) is 14.0. The van der Waals surface area contributed by atoms with Crippen molar-refractivity contribution < 1.29 is 18.0 Å². The normalized spacial score (nSPS) is 18.4. The summed E-state index contributed by atoms with van der Waals surface area (Å²) in [5.74, 6) is -1.05. The zero-order valence-electron chi connectivity index (χ0n) is 11.0. The molecule has 0 aromatic heterocycles. The molecule has 0 spiro atoms. The summed E-state index contributed by atoms with van der Waals surface area (Å²) in [7, 11) is 0. The maximum Gasteiger partial charge on any atom is 0.471 e. The van der Waals surface area contributed by atoms with Gasteiger partial charge in [-0.05, 0) is 25.3 Å². The Kier molecular flexibility index (Phi) is 5.44. The van der Waals surface area contributed by atoms with Crippen molar-refractivity contribution in [1.29, 1.82) is 0 Å². The van der Waals surface area contributed by atoms with Crippen LogP contribution in [0.1, 0.15) is 26.7 Å². The molecule has 1 aliphatic heterocycles. The number of piperazine rings is 1. The molecule has 0 aromatic rings. The van der Waals surface area contributed by atoms with Gasteiger partial charge in [-0.3, -0.25) is 9.69 Å². The molecule has 0 bridgehead atoms. The van der Waals surface area contributed by atoms with Crippen molar-refractivity contribution in [2.75, 3.05) is 32.7 Å². The van der Waals surface area contributed by atoms with Gasteiger partial charge in [-0.1, -0.05) is 13.8 Å². The van der Waals surface area contributed by atoms with E-state index in [1.807, 2.05) is 0 Å². The Morgan fingerprint density at radius 2 is 1.72 bits per heavy atom. The molecule has 6 heteroatoms. The van der Waals surface area contributed by atoms with Crippen molar-refractivity contribution in [2.24, 2.45) is 5.92 Å². The van der Waals surface area contributed by atoms with E-state index in [1.165, 1.54) is 0 Å². The van der Waals surface area contributed by atoms with Crippen LogP contribution in [0, 0.1) is 5.92 Å². The van der Waals surface area contributed by atoms with E-state index in [4.69, 9.17) is 0 Å². The second-order valence-electron chi connectivity index (χ2n) is 5.17. The smallest absolute Gasteiger partial charge is 0.332 e. The van der Waals surface area contributed by atoms with E-state index in [0.29, 0.717) is 19.0 Å². The van der Waals surface area contributed by atoms with Gasteiger partial charge in [-0.25, -0.2) is 0 Å². The summed E-state index contributed by atoms with van der Waals surface area (Å²) in [6.07, 6.45) is -2.55. The summed E-state index contributed by atoms with van der Waals surface area (Å²) in [6.45, 7) is 6.66. The second kappa shape index (κ2) is 6.41. The molecule has 0 aliphatic carbocycles. The molecule has 1 fully saturated rings. The van der Waals surface area contributed by atoms with Gasteiger partial charge < -0.3 is 4.90 Å². The van der Waals surface area contributed by atoms with E-state index in [-0.39, 0.29) is 13.1 Å². The first-order valence-corrected chi connectivity index (χ1v) is 6.39. The highest BCUT2D eigenvalue weighted by atomic mass is 19.4. The lowest BCUT2D eigenvalue weighted by Crippen LogP contribution is -2.52. The summed E-state index contributed by atoms with van der Waals surface area (Å²) in [6, 6.07) is 0. The number of rotatable bonds is 4. The summed E-state index contributed by atoms with van der Waals surface area (Å²) < 4.78 is 36.7. The van der Waals surface area contributed by atoms with E-state index >= 15 is 0 Å². The van der Waals surface area contributed by atoms with Crippen LogP contribution in [0.2, 0.25) is 0 Å². The molecule has 1 rings (SSSR count). The molecule has 0 radical (unpaired) electrons. The predicted octanol–water partition coefficient (Wildman–Crippen LogP) is 2.13. The number of hydrogen-bond donors (Lipinski definition) is 0. The van der Waals surface area contributed by atoms with Gasteiger partial charge in [0.15, 0.2) is 0 Å². The minimum absolute atomic E-state index is 0.181. The third kappa shape index (κ3) is 4.84. The predicted molar refractivity (Wildman–Crippen MR) is 63.1 cm³/mol. The molecule has 3 nitrogen and oxygen atoms in total. The monoisotopic (exact) mass is 266 g/mol. The highest BCUT2D eigenvalue weighted by molar-refractivity contribution is 5.81. The number of hydrogen-bond acceptors (Lipinski definition) is 2. The molecule has 0 saturated carbocycles. The van der Waals surface area contributed by atoms with E-state index in [2.05, 4.69) is 18.7 Å². The third-order valence-corrected chi connectivity index (χ3v) is 3.16. The Hall–Kier alpha value is -0.780. The molecular formula is C12H21F3N2O. The van der Waals surface area contributed by atoms with Gasteiger partial charge in [0.1, 0.15) is 0 Å². The Balaban J connectivity index is 2.27. The van der Waals surface area contributed by atoms with Crippen LogP contribution in [0.5, 0.6) is 0 Å². The van der Waals surface area contributed by atoms with Crippen LogP contribution in [0.25, 0.3) is 0 Å². The van der Waals surface area contributed by atoms with Crippen molar-refractivity contribution in [3.05, 3.63) is 0 Å². The maximum absolute atomic E-state index is 12.2. The summed E-state index contributed by atoms with van der Waals surface area (Å²) in [5, 5.41) is 0. The molecule has 0 aromatic carbocycles. The molecule has 1 amide bonds. The van der Waals surface area contributed by atoms with Crippen molar-refractivity contribution in [3.8, 4) is 0 Å². The molecule has 0 atom stereocenters. The molecule has 0 N–H and O–H groups in total. The lowest BCUT2D eigenvalue weighted by Gasteiger charge is -2.35. The number of carbonyl (C=O) groups is 1. The van der Waals surface area contributed by atoms with Gasteiger partial charge in [0.25, 0.3) is 0 Å². The van der Waals surface area contributed by atoms with Gasteiger partial charge in [0.2, 0.25) is 0 Å². The molecule has 0 unspecified atom stereocenters. The van der Waals surface area contributed by atoms with Crippen molar-refractivity contribution >= 4 is 5.91 Å². The molecule has 1 heterocycles. The van der Waals surface area contributed by atoms with Gasteiger partial charge >= 0.3 is 12.1 Å². The van der Waals surface area contributed by atoms with Crippen LogP contribution >= 0.6 is 0 Å². The van der Waals surface area contributed by atoms with Crippen molar-refractivity contribution in [3.63, 3.8) is 0 Å². The van der Waals surface area contributed by atoms with Gasteiger partial charge in [-0.15, -0.1) is 0 Å². The van der Waals surface area contributed by atoms with Crippen LogP contribution in [0.3, 0.4) is 0 Å². The van der Waals surface area contributed by atoms with Gasteiger partial charge in [-0.2, -0.15) is 13.2 Å². The Morgan fingerprint density at radius 1 is 1.17 bits per heavy atom. The summed E-state index contributed by atoms with van der Waals surface area (Å²) in [5.41, 5.74) is 0. The topological polar surface area (TPSA) is 23.6 Å². The fourth-order valence-electron chi connectivity index (χ4n) is 2.08.